The highest BCUT2D eigenvalue weighted by atomic mass is 16.3. The highest BCUT2D eigenvalue weighted by Gasteiger charge is 2.14. The van der Waals surface area contributed by atoms with E-state index in [0.717, 1.165) is 66.4 Å². The summed E-state index contributed by atoms with van der Waals surface area (Å²) in [6.45, 7) is 0. The van der Waals surface area contributed by atoms with Crippen LogP contribution in [0.2, 0.25) is 0 Å². The van der Waals surface area contributed by atoms with Crippen LogP contribution < -0.4 is 0 Å². The molecule has 0 unspecified atom stereocenters. The van der Waals surface area contributed by atoms with Gasteiger partial charge in [0.15, 0.2) is 5.82 Å². The van der Waals surface area contributed by atoms with E-state index in [4.69, 9.17) is 14.4 Å². The van der Waals surface area contributed by atoms with Crippen molar-refractivity contribution >= 4 is 43.6 Å². The molecule has 0 fully saturated rings. The zero-order chi connectivity index (χ0) is 25.8. The Morgan fingerprint density at radius 1 is 0.436 bits per heavy atom. The molecule has 39 heavy (non-hydrogen) atoms. The van der Waals surface area contributed by atoms with E-state index >= 15 is 0 Å². The third-order valence-corrected chi connectivity index (χ3v) is 7.46. The molecule has 8 aromatic rings. The van der Waals surface area contributed by atoms with E-state index < -0.39 is 0 Å². The molecule has 0 saturated heterocycles. The Morgan fingerprint density at radius 3 is 2.10 bits per heavy atom. The normalized spacial score (nSPS) is 11.6. The molecule has 3 nitrogen and oxygen atoms in total. The molecule has 0 bridgehead atoms. The molecule has 0 aliphatic heterocycles. The van der Waals surface area contributed by atoms with Gasteiger partial charge in [0.05, 0.1) is 11.2 Å². The second kappa shape index (κ2) is 8.64. The van der Waals surface area contributed by atoms with Crippen molar-refractivity contribution in [2.24, 2.45) is 0 Å². The number of fused-ring (bicyclic) bond motifs is 5. The fraction of sp³-hybridized carbons (Fsp3) is 0. The van der Waals surface area contributed by atoms with Crippen molar-refractivity contribution in [3.8, 4) is 33.8 Å². The van der Waals surface area contributed by atoms with Gasteiger partial charge in [0.25, 0.3) is 0 Å². The van der Waals surface area contributed by atoms with Crippen molar-refractivity contribution in [1.82, 2.24) is 9.97 Å². The van der Waals surface area contributed by atoms with E-state index in [9.17, 15) is 0 Å². The molecule has 0 radical (unpaired) electrons. The lowest BCUT2D eigenvalue weighted by atomic mass is 9.95. The van der Waals surface area contributed by atoms with Crippen LogP contribution in [0.25, 0.3) is 77.4 Å². The van der Waals surface area contributed by atoms with E-state index in [1.165, 1.54) is 10.9 Å². The standard InChI is InChI=1S/C36H22N2O/c1-2-10-23(11-3-1)35-29-16-4-6-18-32(29)37-36(38-35)26-14-8-12-24(20-26)27-17-9-13-25-21-34-31(22-30(25)27)28-15-5-7-19-33(28)39-34/h1-22H. The summed E-state index contributed by atoms with van der Waals surface area (Å²) >= 11 is 0. The summed E-state index contributed by atoms with van der Waals surface area (Å²) in [5.74, 6) is 0.720. The van der Waals surface area contributed by atoms with Gasteiger partial charge in [0.1, 0.15) is 11.2 Å². The Balaban J connectivity index is 1.32. The number of rotatable bonds is 3. The van der Waals surface area contributed by atoms with Crippen molar-refractivity contribution in [3.05, 3.63) is 133 Å². The maximum Gasteiger partial charge on any atom is 0.160 e. The van der Waals surface area contributed by atoms with Gasteiger partial charge in [-0.1, -0.05) is 103 Å². The van der Waals surface area contributed by atoms with Gasteiger partial charge in [-0.25, -0.2) is 9.97 Å². The lowest BCUT2D eigenvalue weighted by Gasteiger charge is -2.11. The van der Waals surface area contributed by atoms with Gasteiger partial charge in [-0.2, -0.15) is 0 Å². The summed E-state index contributed by atoms with van der Waals surface area (Å²) in [5.41, 5.74) is 8.07. The molecule has 0 saturated carbocycles. The Labute approximate surface area is 225 Å². The summed E-state index contributed by atoms with van der Waals surface area (Å²) in [5, 5.41) is 5.66. The fourth-order valence-electron chi connectivity index (χ4n) is 5.60. The number of nitrogens with zero attached hydrogens (tertiary/aromatic N) is 2. The Hall–Kier alpha value is -5.28. The minimum absolute atomic E-state index is 0.720. The Morgan fingerprint density at radius 2 is 1.18 bits per heavy atom. The number of aromatic nitrogens is 2. The molecule has 0 aliphatic rings. The number of para-hydroxylation sites is 2. The summed E-state index contributed by atoms with van der Waals surface area (Å²) in [6.07, 6.45) is 0. The van der Waals surface area contributed by atoms with Gasteiger partial charge in [-0.3, -0.25) is 0 Å². The monoisotopic (exact) mass is 498 g/mol. The Kier molecular flexibility index (Phi) is 4.82. The van der Waals surface area contributed by atoms with E-state index in [0.29, 0.717) is 0 Å². The predicted molar refractivity (Wildman–Crippen MR) is 161 cm³/mol. The molecule has 6 aromatic carbocycles. The molecular weight excluding hydrogens is 476 g/mol. The third kappa shape index (κ3) is 3.59. The van der Waals surface area contributed by atoms with Crippen molar-refractivity contribution in [2.75, 3.05) is 0 Å². The molecule has 3 heteroatoms. The van der Waals surface area contributed by atoms with Crippen molar-refractivity contribution in [2.45, 2.75) is 0 Å². The molecule has 0 spiro atoms. The summed E-state index contributed by atoms with van der Waals surface area (Å²) < 4.78 is 6.15. The first-order chi connectivity index (χ1) is 19.3. The Bertz CT molecular complexity index is 2180. The van der Waals surface area contributed by atoms with Crippen LogP contribution in [0.3, 0.4) is 0 Å². The number of hydrogen-bond donors (Lipinski definition) is 0. The highest BCUT2D eigenvalue weighted by molar-refractivity contribution is 6.12. The molecule has 0 aliphatic carbocycles. The van der Waals surface area contributed by atoms with Crippen LogP contribution in [-0.2, 0) is 0 Å². The summed E-state index contributed by atoms with van der Waals surface area (Å²) in [4.78, 5) is 10.1. The minimum atomic E-state index is 0.720. The van der Waals surface area contributed by atoms with Gasteiger partial charge in [-0.05, 0) is 52.2 Å². The van der Waals surface area contributed by atoms with Crippen molar-refractivity contribution in [1.29, 1.82) is 0 Å². The molecule has 8 rings (SSSR count). The molecule has 0 amide bonds. The van der Waals surface area contributed by atoms with E-state index in [2.05, 4.69) is 91.0 Å². The van der Waals surface area contributed by atoms with E-state index in [1.54, 1.807) is 0 Å². The lowest BCUT2D eigenvalue weighted by molar-refractivity contribution is 0.669. The van der Waals surface area contributed by atoms with Gasteiger partial charge >= 0.3 is 0 Å². The maximum absolute atomic E-state index is 6.15. The minimum Gasteiger partial charge on any atom is -0.456 e. The van der Waals surface area contributed by atoms with Crippen LogP contribution in [0, 0.1) is 0 Å². The number of hydrogen-bond acceptors (Lipinski definition) is 3. The largest absolute Gasteiger partial charge is 0.456 e. The predicted octanol–water partition coefficient (Wildman–Crippen LogP) is 9.68. The van der Waals surface area contributed by atoms with Gasteiger partial charge in [0, 0.05) is 27.3 Å². The molecular formula is C36H22N2O. The maximum atomic E-state index is 6.15. The second-order valence-electron chi connectivity index (χ2n) is 9.83. The average Bonchev–Trinajstić information content (AvgIpc) is 3.37. The zero-order valence-electron chi connectivity index (χ0n) is 21.0. The zero-order valence-corrected chi connectivity index (χ0v) is 21.0. The van der Waals surface area contributed by atoms with Crippen LogP contribution in [-0.4, -0.2) is 9.97 Å². The van der Waals surface area contributed by atoms with Gasteiger partial charge in [-0.15, -0.1) is 0 Å². The number of benzene rings is 6. The molecule has 0 N–H and O–H groups in total. The summed E-state index contributed by atoms with van der Waals surface area (Å²) in [7, 11) is 0. The lowest BCUT2D eigenvalue weighted by Crippen LogP contribution is -1.95. The molecule has 2 aromatic heterocycles. The first kappa shape index (κ1) is 21.8. The quantitative estimate of drug-likeness (QED) is 0.243. The van der Waals surface area contributed by atoms with E-state index in [1.807, 2.05) is 42.5 Å². The SMILES string of the molecule is c1ccc(-c2nc(-c3cccc(-c4cccc5cc6oc7ccccc7c6cc45)c3)nc3ccccc23)cc1. The number of furan rings is 1. The smallest absolute Gasteiger partial charge is 0.160 e. The fourth-order valence-corrected chi connectivity index (χ4v) is 5.60. The van der Waals surface area contributed by atoms with Crippen molar-refractivity contribution in [3.63, 3.8) is 0 Å². The average molecular weight is 499 g/mol. The third-order valence-electron chi connectivity index (χ3n) is 7.46. The molecule has 2 heterocycles. The molecule has 0 atom stereocenters. The topological polar surface area (TPSA) is 38.9 Å². The van der Waals surface area contributed by atoms with Crippen LogP contribution in [0.1, 0.15) is 0 Å². The van der Waals surface area contributed by atoms with Crippen LogP contribution >= 0.6 is 0 Å². The molecule has 182 valence electrons. The highest BCUT2D eigenvalue weighted by Crippen LogP contribution is 2.37. The first-order valence-electron chi connectivity index (χ1n) is 13.1. The van der Waals surface area contributed by atoms with Crippen LogP contribution in [0.5, 0.6) is 0 Å². The summed E-state index contributed by atoms with van der Waals surface area (Å²) in [6, 6.07) is 46.2. The second-order valence-corrected chi connectivity index (χ2v) is 9.83. The van der Waals surface area contributed by atoms with Gasteiger partial charge < -0.3 is 4.42 Å². The first-order valence-corrected chi connectivity index (χ1v) is 13.1. The van der Waals surface area contributed by atoms with Crippen molar-refractivity contribution < 1.29 is 4.42 Å². The van der Waals surface area contributed by atoms with E-state index in [-0.39, 0.29) is 0 Å². The van der Waals surface area contributed by atoms with Crippen LogP contribution in [0.4, 0.5) is 0 Å². The van der Waals surface area contributed by atoms with Gasteiger partial charge in [0.2, 0.25) is 0 Å². The van der Waals surface area contributed by atoms with Crippen LogP contribution in [0.15, 0.2) is 138 Å².